The van der Waals surface area contributed by atoms with Crippen molar-refractivity contribution in [3.05, 3.63) is 70.1 Å². The lowest BCUT2D eigenvalue weighted by atomic mass is 10.1. The van der Waals surface area contributed by atoms with Gasteiger partial charge in [0.15, 0.2) is 5.70 Å². The summed E-state index contributed by atoms with van der Waals surface area (Å²) in [6, 6.07) is 12.3. The standard InChI is InChI=1S/C18H18ClN3O2/c1-11-5-4-6-16(12(11)2)21-22-17(13(3)23)18(24)20-15-9-7-14(19)8-10-15/h4-10,23H,1-3H3,(H,20,24). The Labute approximate surface area is 145 Å². The molecule has 0 spiro atoms. The predicted molar refractivity (Wildman–Crippen MR) is 95.8 cm³/mol. The molecule has 0 atom stereocenters. The van der Waals surface area contributed by atoms with Crippen LogP contribution in [0.1, 0.15) is 18.1 Å². The first-order chi connectivity index (χ1) is 11.4. The first-order valence-corrected chi connectivity index (χ1v) is 7.71. The fourth-order valence-corrected chi connectivity index (χ4v) is 2.08. The Morgan fingerprint density at radius 1 is 1.12 bits per heavy atom. The number of anilines is 1. The number of nitrogens with one attached hydrogen (secondary N) is 1. The molecule has 2 rings (SSSR count). The van der Waals surface area contributed by atoms with E-state index in [9.17, 15) is 9.90 Å². The zero-order valence-electron chi connectivity index (χ0n) is 13.7. The van der Waals surface area contributed by atoms with Crippen molar-refractivity contribution in [1.82, 2.24) is 0 Å². The topological polar surface area (TPSA) is 74.0 Å². The molecule has 0 saturated carbocycles. The zero-order chi connectivity index (χ0) is 17.7. The number of amides is 1. The van der Waals surface area contributed by atoms with E-state index < -0.39 is 5.91 Å². The highest BCUT2D eigenvalue weighted by atomic mass is 35.5. The first kappa shape index (κ1) is 17.7. The van der Waals surface area contributed by atoms with E-state index in [4.69, 9.17) is 11.6 Å². The van der Waals surface area contributed by atoms with E-state index in [1.807, 2.05) is 26.0 Å². The summed E-state index contributed by atoms with van der Waals surface area (Å²) >= 11 is 5.81. The van der Waals surface area contributed by atoms with Gasteiger partial charge in [0.2, 0.25) is 0 Å². The smallest absolute Gasteiger partial charge is 0.279 e. The summed E-state index contributed by atoms with van der Waals surface area (Å²) < 4.78 is 0. The summed E-state index contributed by atoms with van der Waals surface area (Å²) in [4.78, 5) is 12.3. The second-order valence-corrected chi connectivity index (χ2v) is 5.75. The van der Waals surface area contributed by atoms with E-state index in [1.165, 1.54) is 6.92 Å². The molecule has 5 nitrogen and oxygen atoms in total. The van der Waals surface area contributed by atoms with Crippen LogP contribution in [0.4, 0.5) is 11.4 Å². The summed E-state index contributed by atoms with van der Waals surface area (Å²) in [6.45, 7) is 5.28. The molecule has 0 aliphatic carbocycles. The van der Waals surface area contributed by atoms with Crippen LogP contribution in [0.2, 0.25) is 5.02 Å². The third-order valence-electron chi connectivity index (χ3n) is 3.49. The highest BCUT2D eigenvalue weighted by molar-refractivity contribution is 6.30. The molecule has 0 aromatic heterocycles. The molecular weight excluding hydrogens is 326 g/mol. The van der Waals surface area contributed by atoms with E-state index in [1.54, 1.807) is 30.3 Å². The lowest BCUT2D eigenvalue weighted by Gasteiger charge is -2.06. The van der Waals surface area contributed by atoms with Crippen LogP contribution in [-0.4, -0.2) is 11.0 Å². The number of azo groups is 1. The second kappa shape index (κ2) is 7.75. The van der Waals surface area contributed by atoms with Crippen molar-refractivity contribution in [2.45, 2.75) is 20.8 Å². The van der Waals surface area contributed by atoms with Gasteiger partial charge in [0.1, 0.15) is 5.76 Å². The van der Waals surface area contributed by atoms with Gasteiger partial charge in [0.25, 0.3) is 5.91 Å². The van der Waals surface area contributed by atoms with Crippen molar-refractivity contribution >= 4 is 28.9 Å². The quantitative estimate of drug-likeness (QED) is 0.439. The summed E-state index contributed by atoms with van der Waals surface area (Å²) in [5, 5.41) is 21.0. The minimum Gasteiger partial charge on any atom is -0.510 e. The van der Waals surface area contributed by atoms with Crippen molar-refractivity contribution < 1.29 is 9.90 Å². The van der Waals surface area contributed by atoms with Crippen molar-refractivity contribution in [3.63, 3.8) is 0 Å². The molecule has 0 unspecified atom stereocenters. The number of carbonyl (C=O) groups excluding carboxylic acids is 1. The number of allylic oxidation sites excluding steroid dienone is 1. The molecule has 0 bridgehead atoms. The molecule has 6 heteroatoms. The monoisotopic (exact) mass is 343 g/mol. The first-order valence-electron chi connectivity index (χ1n) is 7.33. The zero-order valence-corrected chi connectivity index (χ0v) is 14.4. The van der Waals surface area contributed by atoms with Crippen LogP contribution in [0.5, 0.6) is 0 Å². The maximum Gasteiger partial charge on any atom is 0.279 e. The minimum atomic E-state index is -0.550. The SMILES string of the molecule is CC(O)=C(N=Nc1cccc(C)c1C)C(=O)Nc1ccc(Cl)cc1. The Bertz CT molecular complexity index is 808. The van der Waals surface area contributed by atoms with E-state index in [0.717, 1.165) is 11.1 Å². The van der Waals surface area contributed by atoms with Crippen molar-refractivity contribution in [3.8, 4) is 0 Å². The van der Waals surface area contributed by atoms with Gasteiger partial charge in [0.05, 0.1) is 5.69 Å². The van der Waals surface area contributed by atoms with Crippen LogP contribution in [-0.2, 0) is 4.79 Å². The number of aliphatic hydroxyl groups is 1. The van der Waals surface area contributed by atoms with E-state index in [0.29, 0.717) is 16.4 Å². The lowest BCUT2D eigenvalue weighted by molar-refractivity contribution is -0.113. The van der Waals surface area contributed by atoms with Gasteiger partial charge in [-0.15, -0.1) is 10.2 Å². The largest absolute Gasteiger partial charge is 0.510 e. The molecule has 24 heavy (non-hydrogen) atoms. The average Bonchev–Trinajstić information content (AvgIpc) is 2.53. The average molecular weight is 344 g/mol. The number of benzene rings is 2. The van der Waals surface area contributed by atoms with Gasteiger partial charge < -0.3 is 10.4 Å². The molecule has 0 aliphatic heterocycles. The Balaban J connectivity index is 2.22. The summed E-state index contributed by atoms with van der Waals surface area (Å²) in [6.07, 6.45) is 0. The number of halogens is 1. The summed E-state index contributed by atoms with van der Waals surface area (Å²) in [5.74, 6) is -0.762. The normalized spacial score (nSPS) is 12.2. The molecule has 2 N–H and O–H groups in total. The number of hydrogen-bond acceptors (Lipinski definition) is 4. The van der Waals surface area contributed by atoms with Crippen molar-refractivity contribution in [2.24, 2.45) is 10.2 Å². The Hall–Kier alpha value is -2.66. The molecule has 1 amide bonds. The molecule has 2 aromatic carbocycles. The van der Waals surface area contributed by atoms with Crippen LogP contribution >= 0.6 is 11.6 Å². The number of carbonyl (C=O) groups is 1. The third kappa shape index (κ3) is 4.43. The highest BCUT2D eigenvalue weighted by Crippen LogP contribution is 2.23. The number of aryl methyl sites for hydroxylation is 1. The Morgan fingerprint density at radius 3 is 2.42 bits per heavy atom. The van der Waals surface area contributed by atoms with Crippen LogP contribution in [0.3, 0.4) is 0 Å². The van der Waals surface area contributed by atoms with E-state index in [-0.39, 0.29) is 11.5 Å². The van der Waals surface area contributed by atoms with Gasteiger partial charge in [-0.3, -0.25) is 4.79 Å². The molecule has 0 saturated heterocycles. The van der Waals surface area contributed by atoms with Crippen molar-refractivity contribution in [1.29, 1.82) is 0 Å². The predicted octanol–water partition coefficient (Wildman–Crippen LogP) is 5.47. The number of hydrogen-bond donors (Lipinski definition) is 2. The maximum atomic E-state index is 12.3. The van der Waals surface area contributed by atoms with Gasteiger partial charge in [-0.2, -0.15) is 0 Å². The summed E-state index contributed by atoms with van der Waals surface area (Å²) in [7, 11) is 0. The molecule has 2 aromatic rings. The van der Waals surface area contributed by atoms with Gasteiger partial charge in [-0.25, -0.2) is 0 Å². The highest BCUT2D eigenvalue weighted by Gasteiger charge is 2.13. The third-order valence-corrected chi connectivity index (χ3v) is 3.75. The number of rotatable bonds is 4. The number of nitrogens with zero attached hydrogens (tertiary/aromatic N) is 2. The fraction of sp³-hybridized carbons (Fsp3) is 0.167. The van der Waals surface area contributed by atoms with E-state index in [2.05, 4.69) is 15.5 Å². The lowest BCUT2D eigenvalue weighted by Crippen LogP contribution is -2.14. The summed E-state index contributed by atoms with van der Waals surface area (Å²) in [5.41, 5.74) is 3.08. The van der Waals surface area contributed by atoms with Gasteiger partial charge in [-0.1, -0.05) is 23.7 Å². The van der Waals surface area contributed by atoms with Crippen LogP contribution in [0.25, 0.3) is 0 Å². The fourth-order valence-electron chi connectivity index (χ4n) is 1.95. The maximum absolute atomic E-state index is 12.3. The van der Waals surface area contributed by atoms with E-state index >= 15 is 0 Å². The van der Waals surface area contributed by atoms with Crippen molar-refractivity contribution in [2.75, 3.05) is 5.32 Å². The molecule has 0 heterocycles. The van der Waals surface area contributed by atoms with Gasteiger partial charge >= 0.3 is 0 Å². The minimum absolute atomic E-state index is 0.147. The molecule has 124 valence electrons. The second-order valence-electron chi connectivity index (χ2n) is 5.31. The van der Waals surface area contributed by atoms with Gasteiger partial charge in [0, 0.05) is 10.7 Å². The Kier molecular flexibility index (Phi) is 5.71. The molecule has 0 fully saturated rings. The van der Waals surface area contributed by atoms with Crippen LogP contribution in [0.15, 0.2) is 64.1 Å². The molecular formula is C18H18ClN3O2. The number of aliphatic hydroxyl groups excluding tert-OH is 1. The molecule has 0 aliphatic rings. The van der Waals surface area contributed by atoms with Gasteiger partial charge in [-0.05, 0) is 62.2 Å². The molecule has 0 radical (unpaired) electrons. The van der Waals surface area contributed by atoms with Crippen LogP contribution < -0.4 is 5.32 Å². The van der Waals surface area contributed by atoms with Crippen LogP contribution in [0, 0.1) is 13.8 Å². The Morgan fingerprint density at radius 2 is 1.79 bits per heavy atom.